The van der Waals surface area contributed by atoms with E-state index in [2.05, 4.69) is 15.3 Å². The number of nitrogens with one attached hydrogen (secondary N) is 1. The van der Waals surface area contributed by atoms with E-state index < -0.39 is 0 Å². The molecule has 124 valence electrons. The van der Waals surface area contributed by atoms with Gasteiger partial charge in [0.2, 0.25) is 5.91 Å². The second kappa shape index (κ2) is 6.52. The van der Waals surface area contributed by atoms with Crippen molar-refractivity contribution >= 4 is 33.1 Å². The number of carbonyl (C=O) groups is 1. The van der Waals surface area contributed by atoms with Crippen molar-refractivity contribution in [3.63, 3.8) is 0 Å². The van der Waals surface area contributed by atoms with E-state index in [1.807, 2.05) is 32.2 Å². The summed E-state index contributed by atoms with van der Waals surface area (Å²) in [5.41, 5.74) is 3.32. The summed E-state index contributed by atoms with van der Waals surface area (Å²) >= 11 is 1.43. The first-order chi connectivity index (χ1) is 11.5. The van der Waals surface area contributed by atoms with Crippen molar-refractivity contribution in [1.82, 2.24) is 14.5 Å². The number of pyridine rings is 1. The largest absolute Gasteiger partial charge is 0.324 e. The smallest absolute Gasteiger partial charge is 0.262 e. The Balaban J connectivity index is 1.71. The highest BCUT2D eigenvalue weighted by Crippen LogP contribution is 2.19. The molecule has 3 rings (SSSR count). The average molecular weight is 342 g/mol. The van der Waals surface area contributed by atoms with Gasteiger partial charge in [-0.2, -0.15) is 0 Å². The zero-order valence-electron chi connectivity index (χ0n) is 13.8. The van der Waals surface area contributed by atoms with Gasteiger partial charge in [-0.3, -0.25) is 19.1 Å². The molecule has 0 saturated carbocycles. The molecule has 0 spiro atoms. The van der Waals surface area contributed by atoms with E-state index in [1.54, 1.807) is 6.07 Å². The minimum Gasteiger partial charge on any atom is -0.324 e. The number of rotatable bonds is 4. The summed E-state index contributed by atoms with van der Waals surface area (Å²) in [5, 5.41) is 5.33. The zero-order valence-corrected chi connectivity index (χ0v) is 14.6. The highest BCUT2D eigenvalue weighted by atomic mass is 32.1. The van der Waals surface area contributed by atoms with Crippen molar-refractivity contribution in [3.05, 3.63) is 51.1 Å². The Labute approximate surface area is 143 Å². The van der Waals surface area contributed by atoms with Crippen LogP contribution in [0.15, 0.2) is 28.6 Å². The van der Waals surface area contributed by atoms with Crippen molar-refractivity contribution in [2.24, 2.45) is 0 Å². The van der Waals surface area contributed by atoms with Crippen LogP contribution in [0, 0.1) is 20.8 Å². The highest BCUT2D eigenvalue weighted by molar-refractivity contribution is 7.16. The van der Waals surface area contributed by atoms with Crippen molar-refractivity contribution in [2.75, 3.05) is 5.32 Å². The Morgan fingerprint density at radius 1 is 1.33 bits per heavy atom. The number of amides is 1. The average Bonchev–Trinajstić information content (AvgIpc) is 2.99. The standard InChI is InChI=1S/C17H18N4O2S/c1-10-8-11(2)19-12(3)15(10)20-14(22)4-6-21-9-18-16-13(17(21)23)5-7-24-16/h5,7-9H,4,6H2,1-3H3,(H,20,22). The minimum absolute atomic E-state index is 0.113. The topological polar surface area (TPSA) is 76.9 Å². The Morgan fingerprint density at radius 3 is 2.88 bits per heavy atom. The van der Waals surface area contributed by atoms with Gasteiger partial charge in [-0.1, -0.05) is 0 Å². The number of hydrogen-bond acceptors (Lipinski definition) is 5. The van der Waals surface area contributed by atoms with Crippen molar-refractivity contribution in [3.8, 4) is 0 Å². The summed E-state index contributed by atoms with van der Waals surface area (Å²) in [6, 6.07) is 3.69. The number of nitrogens with zero attached hydrogens (tertiary/aromatic N) is 3. The van der Waals surface area contributed by atoms with E-state index >= 15 is 0 Å². The Kier molecular flexibility index (Phi) is 4.44. The van der Waals surface area contributed by atoms with Crippen LogP contribution in [0.5, 0.6) is 0 Å². The van der Waals surface area contributed by atoms with Gasteiger partial charge in [-0.05, 0) is 43.8 Å². The molecule has 3 heterocycles. The molecule has 0 aliphatic carbocycles. The fourth-order valence-electron chi connectivity index (χ4n) is 2.69. The molecule has 0 radical (unpaired) electrons. The third-order valence-corrected chi connectivity index (χ3v) is 4.64. The predicted octanol–water partition coefficient (Wildman–Crippen LogP) is 2.81. The van der Waals surface area contributed by atoms with Gasteiger partial charge < -0.3 is 5.32 Å². The number of aryl methyl sites for hydroxylation is 4. The number of aromatic nitrogens is 3. The molecule has 3 aromatic rings. The molecule has 0 aliphatic rings. The molecule has 0 fully saturated rings. The first kappa shape index (κ1) is 16.3. The van der Waals surface area contributed by atoms with Gasteiger partial charge in [-0.25, -0.2) is 4.98 Å². The maximum absolute atomic E-state index is 12.3. The fourth-order valence-corrected chi connectivity index (χ4v) is 3.41. The SMILES string of the molecule is Cc1cc(C)c(NC(=O)CCn2cnc3sccc3c2=O)c(C)n1. The van der Waals surface area contributed by atoms with Gasteiger partial charge in [0, 0.05) is 18.7 Å². The van der Waals surface area contributed by atoms with E-state index in [-0.39, 0.29) is 17.9 Å². The summed E-state index contributed by atoms with van der Waals surface area (Å²) in [6.07, 6.45) is 1.70. The Morgan fingerprint density at radius 2 is 2.12 bits per heavy atom. The van der Waals surface area contributed by atoms with Gasteiger partial charge in [-0.15, -0.1) is 11.3 Å². The summed E-state index contributed by atoms with van der Waals surface area (Å²) in [6.45, 7) is 6.02. The second-order valence-corrected chi connectivity index (χ2v) is 6.62. The lowest BCUT2D eigenvalue weighted by molar-refractivity contribution is -0.116. The molecule has 1 amide bonds. The molecule has 0 atom stereocenters. The number of carbonyl (C=O) groups excluding carboxylic acids is 1. The minimum atomic E-state index is -0.149. The zero-order chi connectivity index (χ0) is 17.3. The molecule has 1 N–H and O–H groups in total. The number of thiophene rings is 1. The van der Waals surface area contributed by atoms with E-state index in [9.17, 15) is 9.59 Å². The quantitative estimate of drug-likeness (QED) is 0.791. The van der Waals surface area contributed by atoms with Crippen LogP contribution in [0.2, 0.25) is 0 Å². The molecule has 24 heavy (non-hydrogen) atoms. The van der Waals surface area contributed by atoms with Crippen LogP contribution >= 0.6 is 11.3 Å². The van der Waals surface area contributed by atoms with Crippen LogP contribution in [0.25, 0.3) is 10.2 Å². The molecule has 0 aliphatic heterocycles. The number of fused-ring (bicyclic) bond motifs is 1. The van der Waals surface area contributed by atoms with Crippen LogP contribution in [0.3, 0.4) is 0 Å². The Bertz CT molecular complexity index is 951. The number of anilines is 1. The van der Waals surface area contributed by atoms with Crippen LogP contribution in [0.1, 0.15) is 23.4 Å². The lowest BCUT2D eigenvalue weighted by Gasteiger charge is -2.12. The maximum atomic E-state index is 12.3. The maximum Gasteiger partial charge on any atom is 0.262 e. The van der Waals surface area contributed by atoms with Gasteiger partial charge in [0.25, 0.3) is 5.56 Å². The van der Waals surface area contributed by atoms with Gasteiger partial charge >= 0.3 is 0 Å². The summed E-state index contributed by atoms with van der Waals surface area (Å²) in [5.74, 6) is -0.149. The summed E-state index contributed by atoms with van der Waals surface area (Å²) in [7, 11) is 0. The van der Waals surface area contributed by atoms with Crippen LogP contribution in [0.4, 0.5) is 5.69 Å². The van der Waals surface area contributed by atoms with Gasteiger partial charge in [0.05, 0.1) is 23.1 Å². The first-order valence-corrected chi connectivity index (χ1v) is 8.51. The van der Waals surface area contributed by atoms with Crippen LogP contribution in [-0.2, 0) is 11.3 Å². The molecular weight excluding hydrogens is 324 g/mol. The third kappa shape index (κ3) is 3.21. The summed E-state index contributed by atoms with van der Waals surface area (Å²) < 4.78 is 1.47. The normalized spacial score (nSPS) is 11.0. The molecule has 0 bridgehead atoms. The second-order valence-electron chi connectivity index (χ2n) is 5.72. The van der Waals surface area contributed by atoms with Crippen LogP contribution in [-0.4, -0.2) is 20.4 Å². The monoisotopic (exact) mass is 342 g/mol. The van der Waals surface area contributed by atoms with Crippen molar-refractivity contribution < 1.29 is 4.79 Å². The first-order valence-electron chi connectivity index (χ1n) is 7.63. The van der Waals surface area contributed by atoms with Crippen molar-refractivity contribution in [2.45, 2.75) is 33.7 Å². The van der Waals surface area contributed by atoms with E-state index in [0.717, 1.165) is 27.5 Å². The van der Waals surface area contributed by atoms with Crippen molar-refractivity contribution in [1.29, 1.82) is 0 Å². The lowest BCUT2D eigenvalue weighted by atomic mass is 10.1. The van der Waals surface area contributed by atoms with Crippen LogP contribution < -0.4 is 10.9 Å². The number of hydrogen-bond donors (Lipinski definition) is 1. The lowest BCUT2D eigenvalue weighted by Crippen LogP contribution is -2.23. The third-order valence-electron chi connectivity index (χ3n) is 3.82. The molecular formula is C17H18N4O2S. The molecule has 3 aromatic heterocycles. The molecule has 0 aromatic carbocycles. The Hall–Kier alpha value is -2.54. The van der Waals surface area contributed by atoms with E-state index in [0.29, 0.717) is 11.9 Å². The molecule has 0 unspecified atom stereocenters. The van der Waals surface area contributed by atoms with Gasteiger partial charge in [0.15, 0.2) is 0 Å². The van der Waals surface area contributed by atoms with Gasteiger partial charge in [0.1, 0.15) is 4.83 Å². The van der Waals surface area contributed by atoms with E-state index in [4.69, 9.17) is 0 Å². The predicted molar refractivity (Wildman–Crippen MR) is 95.6 cm³/mol. The molecule has 6 nitrogen and oxygen atoms in total. The fraction of sp³-hybridized carbons (Fsp3) is 0.294. The molecule has 0 saturated heterocycles. The highest BCUT2D eigenvalue weighted by Gasteiger charge is 2.11. The van der Waals surface area contributed by atoms with E-state index in [1.165, 1.54) is 22.2 Å². The molecule has 7 heteroatoms. The summed E-state index contributed by atoms with van der Waals surface area (Å²) in [4.78, 5) is 33.9.